The van der Waals surface area contributed by atoms with Crippen molar-refractivity contribution in [2.24, 2.45) is 10.9 Å². The van der Waals surface area contributed by atoms with Crippen LogP contribution in [0.15, 0.2) is 29.3 Å². The van der Waals surface area contributed by atoms with E-state index in [0.29, 0.717) is 12.5 Å². The van der Waals surface area contributed by atoms with Crippen LogP contribution in [0.25, 0.3) is 0 Å². The lowest BCUT2D eigenvalue weighted by Crippen LogP contribution is -2.37. The van der Waals surface area contributed by atoms with Crippen LogP contribution in [-0.4, -0.2) is 70.0 Å². The molecular weight excluding hydrogens is 382 g/mol. The Bertz CT molecular complexity index is 685. The molecule has 1 aromatic carbocycles. The van der Waals surface area contributed by atoms with E-state index in [0.717, 1.165) is 89.0 Å². The van der Waals surface area contributed by atoms with E-state index in [1.165, 1.54) is 0 Å². The van der Waals surface area contributed by atoms with Gasteiger partial charge in [-0.1, -0.05) is 12.1 Å². The van der Waals surface area contributed by atoms with Crippen LogP contribution >= 0.6 is 0 Å². The van der Waals surface area contributed by atoms with Gasteiger partial charge in [0.1, 0.15) is 0 Å². The summed E-state index contributed by atoms with van der Waals surface area (Å²) < 4.78 is 11.1. The Hall–Kier alpha value is -2.32. The third kappa shape index (κ3) is 7.50. The highest BCUT2D eigenvalue weighted by Gasteiger charge is 2.17. The first-order valence-electron chi connectivity index (χ1n) is 11.0. The maximum absolute atomic E-state index is 12.3. The number of rotatable bonds is 9. The molecule has 3 N–H and O–H groups in total. The van der Waals surface area contributed by atoms with E-state index < -0.39 is 0 Å². The van der Waals surface area contributed by atoms with Crippen molar-refractivity contribution in [2.45, 2.75) is 32.2 Å². The number of anilines is 1. The standard InChI is InChI=1S/C22H35N5O3/c1-23-21(24-9-5-12-29-16-19-8-13-30-17-19)25-15-18-6-4-7-20(14-18)26-22(28)27-10-2-3-11-27/h4,6-7,14,19H,2-3,5,8-13,15-17H2,1H3,(H,26,28)(H2,23,24,25). The molecule has 2 saturated heterocycles. The Labute approximate surface area is 179 Å². The quantitative estimate of drug-likeness (QED) is 0.326. The van der Waals surface area contributed by atoms with Gasteiger partial charge >= 0.3 is 6.03 Å². The van der Waals surface area contributed by atoms with Gasteiger partial charge in [-0.05, 0) is 43.4 Å². The molecule has 0 radical (unpaired) electrons. The number of amides is 2. The molecule has 8 heteroatoms. The molecule has 2 fully saturated rings. The molecule has 166 valence electrons. The van der Waals surface area contributed by atoms with Crippen LogP contribution in [0.3, 0.4) is 0 Å². The zero-order valence-electron chi connectivity index (χ0n) is 18.0. The summed E-state index contributed by atoms with van der Waals surface area (Å²) in [7, 11) is 1.76. The summed E-state index contributed by atoms with van der Waals surface area (Å²) >= 11 is 0. The molecule has 1 aromatic rings. The zero-order chi connectivity index (χ0) is 21.0. The van der Waals surface area contributed by atoms with E-state index in [9.17, 15) is 4.79 Å². The maximum Gasteiger partial charge on any atom is 0.321 e. The van der Waals surface area contributed by atoms with Crippen LogP contribution < -0.4 is 16.0 Å². The molecule has 30 heavy (non-hydrogen) atoms. The lowest BCUT2D eigenvalue weighted by Gasteiger charge is -2.17. The summed E-state index contributed by atoms with van der Waals surface area (Å²) in [5.41, 5.74) is 1.90. The largest absolute Gasteiger partial charge is 0.381 e. The Balaban J connectivity index is 1.32. The van der Waals surface area contributed by atoms with E-state index in [4.69, 9.17) is 9.47 Å². The molecule has 2 amide bonds. The van der Waals surface area contributed by atoms with Crippen LogP contribution in [-0.2, 0) is 16.0 Å². The first-order valence-corrected chi connectivity index (χ1v) is 11.0. The SMILES string of the molecule is CN=C(NCCCOCC1CCOC1)NCc1cccc(NC(=O)N2CCCC2)c1. The maximum atomic E-state index is 12.3. The first kappa shape index (κ1) is 22.4. The molecule has 3 rings (SSSR count). The second kappa shape index (κ2) is 12.4. The van der Waals surface area contributed by atoms with Gasteiger partial charge in [-0.25, -0.2) is 4.79 Å². The molecule has 0 saturated carbocycles. The van der Waals surface area contributed by atoms with Crippen LogP contribution in [0.4, 0.5) is 10.5 Å². The zero-order valence-corrected chi connectivity index (χ0v) is 18.0. The summed E-state index contributed by atoms with van der Waals surface area (Å²) in [6.07, 6.45) is 4.21. The molecule has 0 spiro atoms. The Kier molecular flexibility index (Phi) is 9.24. The third-order valence-electron chi connectivity index (χ3n) is 5.39. The minimum Gasteiger partial charge on any atom is -0.381 e. The van der Waals surface area contributed by atoms with Crippen molar-refractivity contribution in [3.8, 4) is 0 Å². The Morgan fingerprint density at radius 2 is 2.17 bits per heavy atom. The van der Waals surface area contributed by atoms with E-state index in [1.54, 1.807) is 7.05 Å². The molecular formula is C22H35N5O3. The van der Waals surface area contributed by atoms with Gasteiger partial charge in [0.05, 0.1) is 13.2 Å². The predicted octanol–water partition coefficient (Wildman–Crippen LogP) is 2.42. The van der Waals surface area contributed by atoms with Gasteiger partial charge in [-0.15, -0.1) is 0 Å². The lowest BCUT2D eigenvalue weighted by molar-refractivity contribution is 0.0888. The number of hydrogen-bond donors (Lipinski definition) is 3. The van der Waals surface area contributed by atoms with E-state index in [-0.39, 0.29) is 6.03 Å². The van der Waals surface area contributed by atoms with Crippen molar-refractivity contribution in [1.82, 2.24) is 15.5 Å². The molecule has 0 aromatic heterocycles. The molecule has 2 heterocycles. The normalized spacial score (nSPS) is 19.2. The lowest BCUT2D eigenvalue weighted by atomic mass is 10.1. The van der Waals surface area contributed by atoms with Gasteiger partial charge in [-0.3, -0.25) is 4.99 Å². The predicted molar refractivity (Wildman–Crippen MR) is 119 cm³/mol. The average Bonchev–Trinajstić information content (AvgIpc) is 3.47. The first-order chi connectivity index (χ1) is 14.7. The summed E-state index contributed by atoms with van der Waals surface area (Å²) in [5.74, 6) is 1.31. The minimum atomic E-state index is -0.0160. The number of likely N-dealkylation sites (tertiary alicyclic amines) is 1. The van der Waals surface area contributed by atoms with Crippen LogP contribution in [0, 0.1) is 5.92 Å². The van der Waals surface area contributed by atoms with E-state index in [1.807, 2.05) is 29.2 Å². The van der Waals surface area contributed by atoms with Crippen LogP contribution in [0.1, 0.15) is 31.2 Å². The molecule has 8 nitrogen and oxygen atoms in total. The van der Waals surface area contributed by atoms with Gasteiger partial charge < -0.3 is 30.3 Å². The number of nitrogens with one attached hydrogen (secondary N) is 3. The number of carbonyl (C=O) groups excluding carboxylic acids is 1. The van der Waals surface area contributed by atoms with Crippen LogP contribution in [0.2, 0.25) is 0 Å². The summed E-state index contributed by atoms with van der Waals surface area (Å²) in [6, 6.07) is 7.89. The average molecular weight is 418 g/mol. The molecule has 0 aliphatic carbocycles. The van der Waals surface area contributed by atoms with Crippen molar-refractivity contribution in [3.05, 3.63) is 29.8 Å². The number of urea groups is 1. The highest BCUT2D eigenvalue weighted by Crippen LogP contribution is 2.14. The molecule has 1 atom stereocenters. The number of benzene rings is 1. The van der Waals surface area contributed by atoms with Gasteiger partial charge in [0, 0.05) is 58.0 Å². The Morgan fingerprint density at radius 1 is 1.30 bits per heavy atom. The number of nitrogens with zero attached hydrogens (tertiary/aromatic N) is 2. The monoisotopic (exact) mass is 417 g/mol. The topological polar surface area (TPSA) is 87.2 Å². The fourth-order valence-corrected chi connectivity index (χ4v) is 3.63. The Morgan fingerprint density at radius 3 is 2.93 bits per heavy atom. The van der Waals surface area contributed by atoms with E-state index in [2.05, 4.69) is 20.9 Å². The van der Waals surface area contributed by atoms with Gasteiger partial charge in [-0.2, -0.15) is 0 Å². The van der Waals surface area contributed by atoms with Crippen molar-refractivity contribution in [1.29, 1.82) is 0 Å². The number of guanidine groups is 1. The highest BCUT2D eigenvalue weighted by molar-refractivity contribution is 5.89. The second-order valence-corrected chi connectivity index (χ2v) is 7.84. The van der Waals surface area contributed by atoms with Gasteiger partial charge in [0.2, 0.25) is 0 Å². The summed E-state index contributed by atoms with van der Waals surface area (Å²) in [5, 5.41) is 9.62. The highest BCUT2D eigenvalue weighted by atomic mass is 16.5. The fourth-order valence-electron chi connectivity index (χ4n) is 3.63. The van der Waals surface area contributed by atoms with E-state index >= 15 is 0 Å². The van der Waals surface area contributed by atoms with Crippen molar-refractivity contribution in [2.75, 3.05) is 58.4 Å². The molecule has 2 aliphatic heterocycles. The van der Waals surface area contributed by atoms with Crippen LogP contribution in [0.5, 0.6) is 0 Å². The minimum absolute atomic E-state index is 0.0160. The molecule has 1 unspecified atom stereocenters. The van der Waals surface area contributed by atoms with Gasteiger partial charge in [0.25, 0.3) is 0 Å². The fraction of sp³-hybridized carbons (Fsp3) is 0.636. The van der Waals surface area contributed by atoms with Gasteiger partial charge in [0.15, 0.2) is 5.96 Å². The van der Waals surface area contributed by atoms with Crippen molar-refractivity contribution < 1.29 is 14.3 Å². The molecule has 0 bridgehead atoms. The number of carbonyl (C=O) groups is 1. The molecule has 2 aliphatic rings. The smallest absolute Gasteiger partial charge is 0.321 e. The number of ether oxygens (including phenoxy) is 2. The van der Waals surface area contributed by atoms with Crippen molar-refractivity contribution in [3.63, 3.8) is 0 Å². The van der Waals surface area contributed by atoms with Crippen molar-refractivity contribution >= 4 is 17.7 Å². The summed E-state index contributed by atoms with van der Waals surface area (Å²) in [4.78, 5) is 18.4. The third-order valence-corrected chi connectivity index (χ3v) is 5.39. The number of hydrogen-bond acceptors (Lipinski definition) is 4. The second-order valence-electron chi connectivity index (χ2n) is 7.84. The summed E-state index contributed by atoms with van der Waals surface area (Å²) in [6.45, 7) is 6.34. The number of aliphatic imine (C=N–C) groups is 1.